The zero-order chi connectivity index (χ0) is 15.2. The molecule has 5 nitrogen and oxygen atoms in total. The normalized spacial score (nSPS) is 11.4. The second kappa shape index (κ2) is 6.73. The summed E-state index contributed by atoms with van der Waals surface area (Å²) in [6, 6.07) is 7.63. The molecule has 1 aromatic carbocycles. The summed E-state index contributed by atoms with van der Waals surface area (Å²) in [6.07, 6.45) is 3.15. The van der Waals surface area contributed by atoms with Crippen LogP contribution in [0.4, 0.5) is 0 Å². The first-order valence-electron chi connectivity index (χ1n) is 6.68. The number of aromatic nitrogens is 2. The van der Waals surface area contributed by atoms with Crippen molar-refractivity contribution in [1.82, 2.24) is 14.9 Å². The molecule has 5 heteroatoms. The highest BCUT2D eigenvalue weighted by molar-refractivity contribution is 5.92. The van der Waals surface area contributed by atoms with Crippen molar-refractivity contribution in [3.8, 4) is 11.8 Å². The highest BCUT2D eigenvalue weighted by atomic mass is 16.2. The summed E-state index contributed by atoms with van der Waals surface area (Å²) in [5, 5.41) is 2.95. The third-order valence-electron chi connectivity index (χ3n) is 3.12. The lowest BCUT2D eigenvalue weighted by atomic mass is 10.1. The van der Waals surface area contributed by atoms with E-state index in [1.165, 1.54) is 0 Å². The summed E-state index contributed by atoms with van der Waals surface area (Å²) in [7, 11) is 1.79. The van der Waals surface area contributed by atoms with E-state index in [0.29, 0.717) is 12.2 Å². The largest absolute Gasteiger partial charge is 0.344 e. The highest BCUT2D eigenvalue weighted by Gasteiger charge is 2.14. The predicted octanol–water partition coefficient (Wildman–Crippen LogP) is 1.22. The van der Waals surface area contributed by atoms with Crippen LogP contribution < -0.4 is 11.1 Å². The second-order valence-corrected chi connectivity index (χ2v) is 4.72. The molecule has 0 aliphatic carbocycles. The third kappa shape index (κ3) is 3.71. The minimum absolute atomic E-state index is 0.118. The van der Waals surface area contributed by atoms with Gasteiger partial charge in [0.05, 0.1) is 25.1 Å². The van der Waals surface area contributed by atoms with Gasteiger partial charge in [-0.25, -0.2) is 4.98 Å². The molecule has 0 spiro atoms. The molecule has 0 fully saturated rings. The van der Waals surface area contributed by atoms with Crippen molar-refractivity contribution < 1.29 is 4.79 Å². The number of hydrogen-bond donors (Lipinski definition) is 2. The summed E-state index contributed by atoms with van der Waals surface area (Å²) < 4.78 is 1.69. The van der Waals surface area contributed by atoms with Gasteiger partial charge in [0.15, 0.2) is 0 Å². The fourth-order valence-electron chi connectivity index (χ4n) is 1.97. The Morgan fingerprint density at radius 2 is 2.33 bits per heavy atom. The van der Waals surface area contributed by atoms with Crippen molar-refractivity contribution in [2.45, 2.75) is 13.0 Å². The first-order chi connectivity index (χ1) is 10.1. The number of carbonyl (C=O) groups excluding carboxylic acids is 1. The molecule has 3 N–H and O–H groups in total. The van der Waals surface area contributed by atoms with E-state index < -0.39 is 0 Å². The molecule has 1 atom stereocenters. The molecule has 2 rings (SSSR count). The van der Waals surface area contributed by atoms with E-state index in [9.17, 15) is 4.79 Å². The first kappa shape index (κ1) is 14.8. The Balaban J connectivity index is 2.11. The fourth-order valence-corrected chi connectivity index (χ4v) is 1.97. The maximum atomic E-state index is 12.2. The van der Waals surface area contributed by atoms with Gasteiger partial charge in [-0.1, -0.05) is 24.0 Å². The molecule has 0 aliphatic rings. The molecule has 1 aromatic heterocycles. The Kier molecular flexibility index (Phi) is 4.75. The molecule has 0 saturated heterocycles. The van der Waals surface area contributed by atoms with Gasteiger partial charge in [-0.2, -0.15) is 0 Å². The van der Waals surface area contributed by atoms with Gasteiger partial charge in [0.2, 0.25) is 0 Å². The smallest absolute Gasteiger partial charge is 0.270 e. The molecule has 108 valence electrons. The van der Waals surface area contributed by atoms with Crippen molar-refractivity contribution >= 4 is 5.91 Å². The van der Waals surface area contributed by atoms with Crippen LogP contribution in [0.3, 0.4) is 0 Å². The first-order valence-corrected chi connectivity index (χ1v) is 6.68. The van der Waals surface area contributed by atoms with Crippen molar-refractivity contribution in [2.24, 2.45) is 12.8 Å². The predicted molar refractivity (Wildman–Crippen MR) is 81.5 cm³/mol. The van der Waals surface area contributed by atoms with Gasteiger partial charge in [-0.05, 0) is 24.6 Å². The topological polar surface area (TPSA) is 72.9 Å². The Bertz CT molecular complexity index is 694. The van der Waals surface area contributed by atoms with Crippen LogP contribution in [-0.2, 0) is 7.05 Å². The zero-order valence-corrected chi connectivity index (χ0v) is 12.1. The van der Waals surface area contributed by atoms with E-state index in [1.54, 1.807) is 24.1 Å². The van der Waals surface area contributed by atoms with Gasteiger partial charge in [0.1, 0.15) is 5.69 Å². The summed E-state index contributed by atoms with van der Waals surface area (Å²) in [4.78, 5) is 16.1. The fraction of sp³-hybridized carbons (Fsp3) is 0.250. The van der Waals surface area contributed by atoms with E-state index >= 15 is 0 Å². The van der Waals surface area contributed by atoms with Crippen LogP contribution in [0.5, 0.6) is 0 Å². The number of nitrogens with one attached hydrogen (secondary N) is 1. The lowest BCUT2D eigenvalue weighted by Gasteiger charge is -2.14. The molecule has 1 heterocycles. The lowest BCUT2D eigenvalue weighted by Crippen LogP contribution is -2.28. The van der Waals surface area contributed by atoms with Gasteiger partial charge in [-0.3, -0.25) is 4.79 Å². The molecule has 0 bridgehead atoms. The number of aryl methyl sites for hydroxylation is 1. The van der Waals surface area contributed by atoms with Gasteiger partial charge in [0.25, 0.3) is 5.91 Å². The van der Waals surface area contributed by atoms with Crippen LogP contribution in [-0.4, -0.2) is 22.0 Å². The molecule has 0 saturated carbocycles. The summed E-state index contributed by atoms with van der Waals surface area (Å²) in [5.74, 6) is 5.66. The molecule has 1 amide bonds. The minimum atomic E-state index is -0.152. The van der Waals surface area contributed by atoms with Crippen molar-refractivity contribution in [2.75, 3.05) is 6.54 Å². The standard InChI is InChI=1S/C16H18N4O/c1-12(19-16(21)15-10-18-11-20(15)2)14-7-3-5-13(9-14)6-4-8-17/h3,5,7,9-12H,8,17H2,1-2H3,(H,19,21). The SMILES string of the molecule is CC(NC(=O)c1cncn1C)c1cccc(C#CCN)c1. The lowest BCUT2D eigenvalue weighted by molar-refractivity contribution is 0.0931. The molecule has 2 aromatic rings. The summed E-state index contributed by atoms with van der Waals surface area (Å²) in [6.45, 7) is 2.26. The minimum Gasteiger partial charge on any atom is -0.344 e. The second-order valence-electron chi connectivity index (χ2n) is 4.72. The Morgan fingerprint density at radius 1 is 1.52 bits per heavy atom. The molecule has 0 radical (unpaired) electrons. The van der Waals surface area contributed by atoms with Gasteiger partial charge in [0, 0.05) is 12.6 Å². The van der Waals surface area contributed by atoms with Gasteiger partial charge in [-0.15, -0.1) is 0 Å². The van der Waals surface area contributed by atoms with E-state index in [4.69, 9.17) is 5.73 Å². The number of hydrogen-bond acceptors (Lipinski definition) is 3. The number of nitrogens with zero attached hydrogens (tertiary/aromatic N) is 2. The van der Waals surface area contributed by atoms with E-state index in [1.807, 2.05) is 31.2 Å². The molecular weight excluding hydrogens is 264 g/mol. The van der Waals surface area contributed by atoms with Crippen LogP contribution in [0, 0.1) is 11.8 Å². The highest BCUT2D eigenvalue weighted by Crippen LogP contribution is 2.14. The number of carbonyl (C=O) groups is 1. The third-order valence-corrected chi connectivity index (χ3v) is 3.12. The molecule has 1 unspecified atom stereocenters. The van der Waals surface area contributed by atoms with E-state index in [2.05, 4.69) is 22.1 Å². The Hall–Kier alpha value is -2.58. The van der Waals surface area contributed by atoms with Crippen molar-refractivity contribution in [3.05, 3.63) is 53.6 Å². The van der Waals surface area contributed by atoms with Crippen LogP contribution in [0.15, 0.2) is 36.8 Å². The summed E-state index contributed by atoms with van der Waals surface area (Å²) in [5.41, 5.74) is 7.78. The Labute approximate surface area is 124 Å². The van der Waals surface area contributed by atoms with Crippen LogP contribution in [0.1, 0.15) is 34.6 Å². The van der Waals surface area contributed by atoms with Crippen molar-refractivity contribution in [3.63, 3.8) is 0 Å². The maximum Gasteiger partial charge on any atom is 0.270 e. The number of nitrogens with two attached hydrogens (primary N) is 1. The Morgan fingerprint density at radius 3 is 3.00 bits per heavy atom. The van der Waals surface area contributed by atoms with Gasteiger partial charge < -0.3 is 15.6 Å². The van der Waals surface area contributed by atoms with Crippen LogP contribution in [0.25, 0.3) is 0 Å². The molecular formula is C16H18N4O. The number of rotatable bonds is 3. The molecule has 21 heavy (non-hydrogen) atoms. The quantitative estimate of drug-likeness (QED) is 0.831. The average Bonchev–Trinajstić information content (AvgIpc) is 2.91. The number of imidazole rings is 1. The van der Waals surface area contributed by atoms with E-state index in [-0.39, 0.29) is 11.9 Å². The monoisotopic (exact) mass is 282 g/mol. The average molecular weight is 282 g/mol. The summed E-state index contributed by atoms with van der Waals surface area (Å²) >= 11 is 0. The maximum absolute atomic E-state index is 12.2. The number of amides is 1. The van der Waals surface area contributed by atoms with Gasteiger partial charge >= 0.3 is 0 Å². The van der Waals surface area contributed by atoms with Crippen LogP contribution >= 0.6 is 0 Å². The number of benzene rings is 1. The molecule has 0 aliphatic heterocycles. The van der Waals surface area contributed by atoms with Crippen LogP contribution in [0.2, 0.25) is 0 Å². The van der Waals surface area contributed by atoms with Crippen molar-refractivity contribution in [1.29, 1.82) is 0 Å². The van der Waals surface area contributed by atoms with E-state index in [0.717, 1.165) is 11.1 Å². The zero-order valence-electron chi connectivity index (χ0n) is 12.1.